The topological polar surface area (TPSA) is 112 Å². The average Bonchev–Trinajstić information content (AvgIpc) is 3.11. The van der Waals surface area contributed by atoms with Gasteiger partial charge in [0.15, 0.2) is 16.4 Å². The molecule has 0 saturated heterocycles. The van der Waals surface area contributed by atoms with Crippen molar-refractivity contribution in [1.29, 1.82) is 0 Å². The maximum atomic E-state index is 11.5. The third-order valence-corrected chi connectivity index (χ3v) is 6.09. The van der Waals surface area contributed by atoms with Crippen LogP contribution in [0.3, 0.4) is 0 Å². The molecule has 0 amide bonds. The Morgan fingerprint density at radius 3 is 2.67 bits per heavy atom. The summed E-state index contributed by atoms with van der Waals surface area (Å²) in [6.45, 7) is 4.04. The van der Waals surface area contributed by atoms with Crippen molar-refractivity contribution in [2.24, 2.45) is 0 Å². The van der Waals surface area contributed by atoms with Crippen LogP contribution in [-0.4, -0.2) is 54.5 Å². The normalized spacial score (nSPS) is 12.7. The molecule has 174 valence electrons. The number of carboxylic acids is 1. The van der Waals surface area contributed by atoms with Gasteiger partial charge >= 0.3 is 5.97 Å². The number of hydrogen-bond acceptors (Lipinski definition) is 9. The minimum atomic E-state index is -1.02. The molecule has 0 fully saturated rings. The number of ether oxygens (including phenoxy) is 4. The molecule has 3 aromatic rings. The molecule has 10 heteroatoms. The lowest BCUT2D eigenvalue weighted by atomic mass is 10.1. The Morgan fingerprint density at radius 2 is 1.94 bits per heavy atom. The van der Waals surface area contributed by atoms with Crippen LogP contribution >= 0.6 is 11.3 Å². The van der Waals surface area contributed by atoms with Crippen LogP contribution in [0.25, 0.3) is 10.6 Å². The zero-order valence-electron chi connectivity index (χ0n) is 18.4. The predicted molar refractivity (Wildman–Crippen MR) is 124 cm³/mol. The molecule has 0 atom stereocenters. The highest BCUT2D eigenvalue weighted by atomic mass is 32.1. The van der Waals surface area contributed by atoms with E-state index in [1.807, 2.05) is 19.1 Å². The zero-order chi connectivity index (χ0) is 23.2. The summed E-state index contributed by atoms with van der Waals surface area (Å²) in [6, 6.07) is 7.32. The van der Waals surface area contributed by atoms with Crippen molar-refractivity contribution in [3.63, 3.8) is 0 Å². The fourth-order valence-electron chi connectivity index (χ4n) is 3.44. The van der Waals surface area contributed by atoms with E-state index in [4.69, 9.17) is 18.9 Å². The second-order valence-corrected chi connectivity index (χ2v) is 8.22. The van der Waals surface area contributed by atoms with Crippen LogP contribution in [0.1, 0.15) is 28.6 Å². The molecule has 0 spiro atoms. The molecule has 0 radical (unpaired) electrons. The summed E-state index contributed by atoms with van der Waals surface area (Å²) in [4.78, 5) is 20.9. The SMILES string of the molecule is CCOc1cc(-c2cc(NCCc3cc4c(cc3OC)OCCCO4)ncn2)sc1C(=O)O. The molecule has 0 bridgehead atoms. The Balaban J connectivity index is 1.46. The number of carbonyl (C=O) groups is 1. The van der Waals surface area contributed by atoms with Gasteiger partial charge in [0.1, 0.15) is 23.6 Å². The molecule has 1 aliphatic heterocycles. The van der Waals surface area contributed by atoms with Gasteiger partial charge in [-0.05, 0) is 25.0 Å². The third-order valence-electron chi connectivity index (χ3n) is 4.96. The summed E-state index contributed by atoms with van der Waals surface area (Å²) in [5.41, 5.74) is 1.62. The Kier molecular flexibility index (Phi) is 7.13. The van der Waals surface area contributed by atoms with Gasteiger partial charge in [0.2, 0.25) is 0 Å². The summed E-state index contributed by atoms with van der Waals surface area (Å²) in [5, 5.41) is 12.7. The number of nitrogens with one attached hydrogen (secondary N) is 1. The first-order chi connectivity index (χ1) is 16.1. The number of aromatic carboxylic acids is 1. The van der Waals surface area contributed by atoms with E-state index < -0.39 is 5.97 Å². The Bertz CT molecular complexity index is 1130. The first-order valence-electron chi connectivity index (χ1n) is 10.6. The number of aromatic nitrogens is 2. The summed E-state index contributed by atoms with van der Waals surface area (Å²) >= 11 is 1.12. The van der Waals surface area contributed by atoms with Crippen molar-refractivity contribution < 1.29 is 28.8 Å². The molecule has 0 aliphatic carbocycles. The number of hydrogen-bond donors (Lipinski definition) is 2. The average molecular weight is 472 g/mol. The zero-order valence-corrected chi connectivity index (χ0v) is 19.2. The number of anilines is 1. The van der Waals surface area contributed by atoms with Crippen molar-refractivity contribution >= 4 is 23.1 Å². The first kappa shape index (κ1) is 22.7. The minimum absolute atomic E-state index is 0.154. The van der Waals surface area contributed by atoms with Gasteiger partial charge in [0.05, 0.1) is 37.5 Å². The number of carboxylic acid groups (broad SMARTS) is 1. The molecule has 1 aliphatic rings. The van der Waals surface area contributed by atoms with Gasteiger partial charge in [0, 0.05) is 31.2 Å². The van der Waals surface area contributed by atoms with E-state index in [1.54, 1.807) is 19.2 Å². The molecule has 33 heavy (non-hydrogen) atoms. The summed E-state index contributed by atoms with van der Waals surface area (Å²) < 4.78 is 22.5. The lowest BCUT2D eigenvalue weighted by molar-refractivity contribution is 0.0698. The highest BCUT2D eigenvalue weighted by Crippen LogP contribution is 2.37. The Hall–Kier alpha value is -3.53. The monoisotopic (exact) mass is 471 g/mol. The summed E-state index contributed by atoms with van der Waals surface area (Å²) in [7, 11) is 1.63. The number of fused-ring (bicyclic) bond motifs is 1. The van der Waals surface area contributed by atoms with Crippen molar-refractivity contribution in [2.75, 3.05) is 38.8 Å². The van der Waals surface area contributed by atoms with Crippen LogP contribution in [0.2, 0.25) is 0 Å². The van der Waals surface area contributed by atoms with Crippen LogP contribution in [0, 0.1) is 0 Å². The fraction of sp³-hybridized carbons (Fsp3) is 0.348. The molecule has 2 N–H and O–H groups in total. The maximum Gasteiger partial charge on any atom is 0.349 e. The Morgan fingerprint density at radius 1 is 1.15 bits per heavy atom. The van der Waals surface area contributed by atoms with E-state index in [0.717, 1.165) is 34.8 Å². The van der Waals surface area contributed by atoms with Crippen LogP contribution in [0.4, 0.5) is 5.82 Å². The fourth-order valence-corrected chi connectivity index (χ4v) is 4.35. The van der Waals surface area contributed by atoms with Crippen molar-refractivity contribution in [3.05, 3.63) is 41.0 Å². The number of benzene rings is 1. The standard InChI is InChI=1S/C23H25N3O6S/c1-3-30-19-12-20(33-22(19)23(27)28)15-10-21(26-13-25-15)24-6-5-14-9-17-18(11-16(14)29-2)32-8-4-7-31-17/h9-13H,3-8H2,1-2H3,(H,27,28)(H,24,25,26). The molecule has 0 saturated carbocycles. The molecule has 1 aromatic carbocycles. The molecule has 3 heterocycles. The number of thiophene rings is 1. The van der Waals surface area contributed by atoms with Crippen molar-refractivity contribution in [1.82, 2.24) is 9.97 Å². The van der Waals surface area contributed by atoms with E-state index in [0.29, 0.717) is 60.7 Å². The van der Waals surface area contributed by atoms with Gasteiger partial charge in [-0.2, -0.15) is 0 Å². The predicted octanol–water partition coefficient (Wildman–Crippen LogP) is 4.13. The molecule has 2 aromatic heterocycles. The lowest BCUT2D eigenvalue weighted by Gasteiger charge is -2.14. The quantitative estimate of drug-likeness (QED) is 0.476. The van der Waals surface area contributed by atoms with E-state index >= 15 is 0 Å². The first-order valence-corrected chi connectivity index (χ1v) is 11.4. The summed E-state index contributed by atoms with van der Waals surface area (Å²) in [5.74, 6) is 2.13. The number of methoxy groups -OCH3 is 1. The van der Waals surface area contributed by atoms with Gasteiger partial charge < -0.3 is 29.4 Å². The van der Waals surface area contributed by atoms with E-state index in [-0.39, 0.29) is 4.88 Å². The van der Waals surface area contributed by atoms with Gasteiger partial charge in [-0.15, -0.1) is 11.3 Å². The van der Waals surface area contributed by atoms with E-state index in [2.05, 4.69) is 15.3 Å². The van der Waals surface area contributed by atoms with Crippen LogP contribution in [-0.2, 0) is 6.42 Å². The van der Waals surface area contributed by atoms with Crippen LogP contribution in [0.15, 0.2) is 30.6 Å². The van der Waals surface area contributed by atoms with Gasteiger partial charge in [-0.3, -0.25) is 0 Å². The van der Waals surface area contributed by atoms with Crippen molar-refractivity contribution in [3.8, 4) is 33.6 Å². The smallest absolute Gasteiger partial charge is 0.349 e. The highest BCUT2D eigenvalue weighted by molar-refractivity contribution is 7.17. The summed E-state index contributed by atoms with van der Waals surface area (Å²) in [6.07, 6.45) is 2.97. The number of nitrogens with zero attached hydrogens (tertiary/aromatic N) is 2. The van der Waals surface area contributed by atoms with Crippen LogP contribution in [0.5, 0.6) is 23.0 Å². The van der Waals surface area contributed by atoms with E-state index in [9.17, 15) is 9.90 Å². The van der Waals surface area contributed by atoms with Gasteiger partial charge in [0.25, 0.3) is 0 Å². The van der Waals surface area contributed by atoms with E-state index in [1.165, 1.54) is 6.33 Å². The lowest BCUT2D eigenvalue weighted by Crippen LogP contribution is -2.08. The second kappa shape index (κ2) is 10.4. The van der Waals surface area contributed by atoms with Crippen LogP contribution < -0.4 is 24.3 Å². The molecule has 4 rings (SSSR count). The minimum Gasteiger partial charge on any atom is -0.496 e. The van der Waals surface area contributed by atoms with Gasteiger partial charge in [-0.1, -0.05) is 0 Å². The van der Waals surface area contributed by atoms with Crippen molar-refractivity contribution in [2.45, 2.75) is 19.8 Å². The highest BCUT2D eigenvalue weighted by Gasteiger charge is 2.19. The largest absolute Gasteiger partial charge is 0.496 e. The molecular formula is C23H25N3O6S. The maximum absolute atomic E-state index is 11.5. The number of rotatable bonds is 9. The third kappa shape index (κ3) is 5.28. The van der Waals surface area contributed by atoms with Gasteiger partial charge in [-0.25, -0.2) is 14.8 Å². The molecule has 9 nitrogen and oxygen atoms in total. The second-order valence-electron chi connectivity index (χ2n) is 7.17. The molecular weight excluding hydrogens is 446 g/mol. The Labute approximate surface area is 195 Å². The molecule has 0 unspecified atom stereocenters.